The van der Waals surface area contributed by atoms with Crippen LogP contribution in [-0.2, 0) is 6.42 Å². The summed E-state index contributed by atoms with van der Waals surface area (Å²) in [7, 11) is 3.34. The third kappa shape index (κ3) is 1.90. The molecule has 1 aromatic rings. The van der Waals surface area contributed by atoms with Crippen molar-refractivity contribution < 1.29 is 9.47 Å². The van der Waals surface area contributed by atoms with Gasteiger partial charge >= 0.3 is 0 Å². The smallest absolute Gasteiger partial charge is 0.161 e. The van der Waals surface area contributed by atoms with Crippen LogP contribution in [-0.4, -0.2) is 26.5 Å². The van der Waals surface area contributed by atoms with Crippen molar-refractivity contribution in [3.8, 4) is 11.5 Å². The fraction of sp³-hybridized carbons (Fsp3) is 0.500. The average molecular weight is 231 g/mol. The molecule has 17 heavy (non-hydrogen) atoms. The van der Waals surface area contributed by atoms with Crippen LogP contribution < -0.4 is 9.47 Å². The summed E-state index contributed by atoms with van der Waals surface area (Å²) < 4.78 is 10.6. The van der Waals surface area contributed by atoms with Gasteiger partial charge in [-0.1, -0.05) is 0 Å². The molecule has 0 N–H and O–H groups in total. The van der Waals surface area contributed by atoms with E-state index in [1.807, 2.05) is 12.3 Å². The van der Waals surface area contributed by atoms with Crippen molar-refractivity contribution in [1.29, 1.82) is 0 Å². The van der Waals surface area contributed by atoms with E-state index < -0.39 is 0 Å². The van der Waals surface area contributed by atoms with Crippen molar-refractivity contribution in [2.45, 2.75) is 25.3 Å². The molecule has 3 nitrogen and oxygen atoms in total. The van der Waals surface area contributed by atoms with Crippen molar-refractivity contribution >= 4 is 6.21 Å². The normalized spacial score (nSPS) is 22.1. The third-order valence-corrected chi connectivity index (χ3v) is 3.65. The summed E-state index contributed by atoms with van der Waals surface area (Å²) >= 11 is 0. The fourth-order valence-corrected chi connectivity index (χ4v) is 2.46. The van der Waals surface area contributed by atoms with E-state index in [9.17, 15) is 0 Å². The van der Waals surface area contributed by atoms with Gasteiger partial charge in [0.1, 0.15) is 0 Å². The highest BCUT2D eigenvalue weighted by atomic mass is 16.5. The molecule has 1 aliphatic carbocycles. The Morgan fingerprint density at radius 2 is 1.82 bits per heavy atom. The Morgan fingerprint density at radius 1 is 1.12 bits per heavy atom. The summed E-state index contributed by atoms with van der Waals surface area (Å²) in [5.74, 6) is 2.41. The van der Waals surface area contributed by atoms with Crippen LogP contribution >= 0.6 is 0 Å². The monoisotopic (exact) mass is 231 g/mol. The van der Waals surface area contributed by atoms with Gasteiger partial charge in [0, 0.05) is 6.21 Å². The minimum Gasteiger partial charge on any atom is -0.493 e. The first-order valence-electron chi connectivity index (χ1n) is 6.10. The standard InChI is InChI=1S/C14H17NO2/c1-16-13-6-10-5-12(9-3-4-9)15-8-11(10)7-14(13)17-2/h6-9,12H,3-5H2,1-2H3/t12-/m0/s1. The van der Waals surface area contributed by atoms with Crippen LogP contribution in [0.4, 0.5) is 0 Å². The number of hydrogen-bond acceptors (Lipinski definition) is 3. The molecule has 3 rings (SSSR count). The van der Waals surface area contributed by atoms with E-state index in [0.717, 1.165) is 23.8 Å². The zero-order valence-electron chi connectivity index (χ0n) is 10.3. The highest BCUT2D eigenvalue weighted by Crippen LogP contribution is 2.39. The number of hydrogen-bond donors (Lipinski definition) is 0. The summed E-state index contributed by atoms with van der Waals surface area (Å²) in [5, 5.41) is 0. The maximum atomic E-state index is 5.34. The molecule has 0 radical (unpaired) electrons. The van der Waals surface area contributed by atoms with Gasteiger partial charge in [-0.25, -0.2) is 0 Å². The molecule has 0 amide bonds. The Balaban J connectivity index is 1.95. The van der Waals surface area contributed by atoms with Gasteiger partial charge in [-0.2, -0.15) is 0 Å². The zero-order chi connectivity index (χ0) is 11.8. The average Bonchev–Trinajstić information content (AvgIpc) is 3.20. The first kappa shape index (κ1) is 10.6. The molecule has 0 saturated heterocycles. The van der Waals surface area contributed by atoms with E-state index in [0.29, 0.717) is 6.04 Å². The predicted octanol–water partition coefficient (Wildman–Crippen LogP) is 2.46. The Morgan fingerprint density at radius 3 is 2.47 bits per heavy atom. The number of ether oxygens (including phenoxy) is 2. The largest absolute Gasteiger partial charge is 0.493 e. The van der Waals surface area contributed by atoms with E-state index in [1.165, 1.54) is 24.0 Å². The third-order valence-electron chi connectivity index (χ3n) is 3.65. The van der Waals surface area contributed by atoms with Gasteiger partial charge in [-0.15, -0.1) is 0 Å². The lowest BCUT2D eigenvalue weighted by atomic mass is 9.95. The molecule has 1 heterocycles. The summed E-state index contributed by atoms with van der Waals surface area (Å²) in [5.41, 5.74) is 2.49. The number of nitrogens with zero attached hydrogens (tertiary/aromatic N) is 1. The van der Waals surface area contributed by atoms with E-state index in [2.05, 4.69) is 11.1 Å². The Kier molecular flexibility index (Phi) is 2.54. The fourth-order valence-electron chi connectivity index (χ4n) is 2.46. The Hall–Kier alpha value is -1.51. The van der Waals surface area contributed by atoms with Crippen molar-refractivity contribution in [2.24, 2.45) is 10.9 Å². The van der Waals surface area contributed by atoms with Gasteiger partial charge in [-0.05, 0) is 48.4 Å². The van der Waals surface area contributed by atoms with Gasteiger partial charge in [0.05, 0.1) is 20.3 Å². The minimum atomic E-state index is 0.487. The lowest BCUT2D eigenvalue weighted by Crippen LogP contribution is -2.17. The topological polar surface area (TPSA) is 30.8 Å². The quantitative estimate of drug-likeness (QED) is 0.800. The molecule has 90 valence electrons. The van der Waals surface area contributed by atoms with E-state index in [-0.39, 0.29) is 0 Å². The Labute approximate surface area is 101 Å². The number of fused-ring (bicyclic) bond motifs is 1. The second kappa shape index (κ2) is 4.06. The van der Waals surface area contributed by atoms with Crippen LogP contribution in [0.15, 0.2) is 17.1 Å². The predicted molar refractivity (Wildman–Crippen MR) is 67.4 cm³/mol. The van der Waals surface area contributed by atoms with Gasteiger partial charge in [0.25, 0.3) is 0 Å². The first-order chi connectivity index (χ1) is 8.31. The van der Waals surface area contributed by atoms with Crippen LogP contribution in [0.3, 0.4) is 0 Å². The number of rotatable bonds is 3. The lowest BCUT2D eigenvalue weighted by molar-refractivity contribution is 0.354. The number of benzene rings is 1. The van der Waals surface area contributed by atoms with Crippen LogP contribution in [0.5, 0.6) is 11.5 Å². The van der Waals surface area contributed by atoms with E-state index in [1.54, 1.807) is 14.2 Å². The lowest BCUT2D eigenvalue weighted by Gasteiger charge is -2.20. The second-order valence-corrected chi connectivity index (χ2v) is 4.79. The van der Waals surface area contributed by atoms with Crippen LogP contribution in [0.1, 0.15) is 24.0 Å². The molecule has 0 bridgehead atoms. The summed E-state index contributed by atoms with van der Waals surface area (Å²) in [4.78, 5) is 4.64. The maximum absolute atomic E-state index is 5.34. The minimum absolute atomic E-state index is 0.487. The molecule has 3 heteroatoms. The van der Waals surface area contributed by atoms with Crippen molar-refractivity contribution in [3.63, 3.8) is 0 Å². The van der Waals surface area contributed by atoms with Crippen LogP contribution in [0.2, 0.25) is 0 Å². The van der Waals surface area contributed by atoms with Gasteiger partial charge < -0.3 is 9.47 Å². The van der Waals surface area contributed by atoms with Crippen molar-refractivity contribution in [3.05, 3.63) is 23.3 Å². The van der Waals surface area contributed by atoms with Gasteiger partial charge in [-0.3, -0.25) is 4.99 Å². The first-order valence-corrected chi connectivity index (χ1v) is 6.10. The highest BCUT2D eigenvalue weighted by Gasteiger charge is 2.32. The molecular weight excluding hydrogens is 214 g/mol. The SMILES string of the molecule is COc1cc2c(cc1OC)C[C@@H](C1CC1)N=C2. The highest BCUT2D eigenvalue weighted by molar-refractivity contribution is 5.84. The molecule has 0 aromatic heterocycles. The molecule has 2 aliphatic rings. The molecule has 1 saturated carbocycles. The van der Waals surface area contributed by atoms with E-state index >= 15 is 0 Å². The molecule has 0 unspecified atom stereocenters. The van der Waals surface area contributed by atoms with Crippen LogP contribution in [0.25, 0.3) is 0 Å². The van der Waals surface area contributed by atoms with Crippen LogP contribution in [0, 0.1) is 5.92 Å². The molecule has 1 aromatic carbocycles. The van der Waals surface area contributed by atoms with Crippen molar-refractivity contribution in [1.82, 2.24) is 0 Å². The number of methoxy groups -OCH3 is 2. The molecule has 1 aliphatic heterocycles. The molecular formula is C14H17NO2. The van der Waals surface area contributed by atoms with Gasteiger partial charge in [0.15, 0.2) is 11.5 Å². The molecule has 1 atom stereocenters. The Bertz CT molecular complexity index is 464. The summed E-state index contributed by atoms with van der Waals surface area (Å²) in [6.07, 6.45) is 5.70. The maximum Gasteiger partial charge on any atom is 0.161 e. The van der Waals surface area contributed by atoms with Gasteiger partial charge in [0.2, 0.25) is 0 Å². The summed E-state index contributed by atoms with van der Waals surface area (Å²) in [6.45, 7) is 0. The number of aliphatic imine (C=N–C) groups is 1. The van der Waals surface area contributed by atoms with E-state index in [4.69, 9.17) is 9.47 Å². The zero-order valence-corrected chi connectivity index (χ0v) is 10.3. The molecule has 0 spiro atoms. The molecule has 1 fully saturated rings. The summed E-state index contributed by atoms with van der Waals surface area (Å²) in [6, 6.07) is 4.59. The second-order valence-electron chi connectivity index (χ2n) is 4.79. The van der Waals surface area contributed by atoms with Crippen molar-refractivity contribution in [2.75, 3.05) is 14.2 Å².